The zero-order chi connectivity index (χ0) is 17.7. The first-order valence-electron chi connectivity index (χ1n) is 8.87. The summed E-state index contributed by atoms with van der Waals surface area (Å²) >= 11 is 6.17. The van der Waals surface area contributed by atoms with Crippen LogP contribution in [0.4, 0.5) is 0 Å². The lowest BCUT2D eigenvalue weighted by atomic mass is 9.91. The van der Waals surface area contributed by atoms with Crippen LogP contribution in [0.15, 0.2) is 48.7 Å². The summed E-state index contributed by atoms with van der Waals surface area (Å²) in [6, 6.07) is 13.7. The Morgan fingerprint density at radius 2 is 2.04 bits per heavy atom. The van der Waals surface area contributed by atoms with Gasteiger partial charge in [-0.15, -0.1) is 0 Å². The third kappa shape index (κ3) is 2.49. The number of aryl methyl sites for hydroxylation is 1. The molecule has 0 radical (unpaired) electrons. The summed E-state index contributed by atoms with van der Waals surface area (Å²) in [4.78, 5) is 19.5. The maximum atomic E-state index is 12.8. The van der Waals surface area contributed by atoms with Crippen molar-refractivity contribution in [3.8, 4) is 0 Å². The average molecular weight is 364 g/mol. The molecule has 1 aliphatic carbocycles. The van der Waals surface area contributed by atoms with Gasteiger partial charge in [0, 0.05) is 38.9 Å². The molecular formula is C21H18ClN3O. The van der Waals surface area contributed by atoms with Crippen LogP contribution in [0.1, 0.15) is 40.5 Å². The van der Waals surface area contributed by atoms with Gasteiger partial charge in [0.1, 0.15) is 0 Å². The van der Waals surface area contributed by atoms with Crippen LogP contribution in [0.3, 0.4) is 0 Å². The fraction of sp³-hybridized carbons (Fsp3) is 0.190. The highest BCUT2D eigenvalue weighted by atomic mass is 35.5. The molecule has 1 aliphatic rings. The fourth-order valence-electron chi connectivity index (χ4n) is 4.01. The van der Waals surface area contributed by atoms with E-state index in [0.717, 1.165) is 46.4 Å². The Morgan fingerprint density at radius 3 is 2.96 bits per heavy atom. The summed E-state index contributed by atoms with van der Waals surface area (Å²) in [5, 5.41) is 6.22. The van der Waals surface area contributed by atoms with Crippen LogP contribution in [0, 0.1) is 0 Å². The maximum absolute atomic E-state index is 12.8. The summed E-state index contributed by atoms with van der Waals surface area (Å²) in [7, 11) is 0. The number of benzene rings is 2. The van der Waals surface area contributed by atoms with Crippen molar-refractivity contribution in [3.05, 3.63) is 70.5 Å². The number of carbonyl (C=O) groups is 1. The molecule has 4 nitrogen and oxygen atoms in total. The van der Waals surface area contributed by atoms with Crippen LogP contribution in [0.5, 0.6) is 0 Å². The summed E-state index contributed by atoms with van der Waals surface area (Å²) in [5.41, 5.74) is 5.11. The molecule has 0 saturated heterocycles. The van der Waals surface area contributed by atoms with E-state index in [0.29, 0.717) is 5.56 Å². The van der Waals surface area contributed by atoms with E-state index in [2.05, 4.69) is 15.3 Å². The normalized spacial score (nSPS) is 16.7. The van der Waals surface area contributed by atoms with Crippen LogP contribution >= 0.6 is 11.6 Å². The summed E-state index contributed by atoms with van der Waals surface area (Å²) in [6.07, 6.45) is 4.88. The van der Waals surface area contributed by atoms with Crippen molar-refractivity contribution < 1.29 is 4.79 Å². The summed E-state index contributed by atoms with van der Waals surface area (Å²) in [5.74, 6) is -0.0453. The van der Waals surface area contributed by atoms with Crippen LogP contribution in [-0.4, -0.2) is 15.9 Å². The Hall–Kier alpha value is -2.72. The molecule has 1 unspecified atom stereocenters. The van der Waals surface area contributed by atoms with Crippen molar-refractivity contribution in [2.75, 3.05) is 0 Å². The molecule has 5 rings (SSSR count). The van der Waals surface area contributed by atoms with Gasteiger partial charge in [-0.1, -0.05) is 17.7 Å². The number of hydrogen-bond acceptors (Lipinski definition) is 1. The highest BCUT2D eigenvalue weighted by Crippen LogP contribution is 2.36. The molecule has 2 heterocycles. The van der Waals surface area contributed by atoms with Crippen LogP contribution in [-0.2, 0) is 6.42 Å². The standard InChI is InChI=1S/C21H18ClN3O/c22-14-6-7-17-16(11-14)15-2-1-3-18(20(15)24-17)25-21(26)13-5-4-12-8-9-23-19(12)10-13/h4-11,18,23-24H,1-3H2,(H,25,26). The van der Waals surface area contributed by atoms with Gasteiger partial charge >= 0.3 is 0 Å². The van der Waals surface area contributed by atoms with Gasteiger partial charge in [0.2, 0.25) is 0 Å². The van der Waals surface area contributed by atoms with Crippen LogP contribution in [0.2, 0.25) is 5.02 Å². The minimum atomic E-state index is -0.0453. The number of halogens is 1. The highest BCUT2D eigenvalue weighted by molar-refractivity contribution is 6.31. The third-order valence-electron chi connectivity index (χ3n) is 5.29. The number of amides is 1. The van der Waals surface area contributed by atoms with E-state index in [-0.39, 0.29) is 11.9 Å². The molecule has 5 heteroatoms. The molecule has 3 N–H and O–H groups in total. The molecule has 0 fully saturated rings. The number of aromatic nitrogens is 2. The molecule has 0 spiro atoms. The zero-order valence-corrected chi connectivity index (χ0v) is 14.9. The van der Waals surface area contributed by atoms with E-state index in [1.54, 1.807) is 0 Å². The number of H-pyrrole nitrogens is 2. The number of carbonyl (C=O) groups excluding carboxylic acids is 1. The van der Waals surface area contributed by atoms with Gasteiger partial charge in [-0.05, 0) is 66.6 Å². The van der Waals surface area contributed by atoms with Gasteiger partial charge in [-0.3, -0.25) is 4.79 Å². The van der Waals surface area contributed by atoms with E-state index in [4.69, 9.17) is 11.6 Å². The molecule has 2 aromatic carbocycles. The summed E-state index contributed by atoms with van der Waals surface area (Å²) in [6.45, 7) is 0. The Labute approximate surface area is 155 Å². The first-order chi connectivity index (χ1) is 12.7. The van der Waals surface area contributed by atoms with Gasteiger partial charge in [-0.25, -0.2) is 0 Å². The molecule has 0 saturated carbocycles. The van der Waals surface area contributed by atoms with E-state index < -0.39 is 0 Å². The fourth-order valence-corrected chi connectivity index (χ4v) is 4.18. The molecule has 2 aromatic heterocycles. The van der Waals surface area contributed by atoms with Gasteiger partial charge < -0.3 is 15.3 Å². The minimum absolute atomic E-state index is 0.00300. The second-order valence-corrected chi connectivity index (χ2v) is 7.34. The van der Waals surface area contributed by atoms with Crippen LogP contribution < -0.4 is 5.32 Å². The van der Waals surface area contributed by atoms with Gasteiger partial charge in [0.15, 0.2) is 0 Å². The molecular weight excluding hydrogens is 346 g/mol. The second kappa shape index (κ2) is 5.92. The predicted molar refractivity (Wildman–Crippen MR) is 105 cm³/mol. The Kier molecular flexibility index (Phi) is 3.54. The molecule has 1 amide bonds. The zero-order valence-electron chi connectivity index (χ0n) is 14.1. The van der Waals surface area contributed by atoms with E-state index in [1.165, 1.54) is 10.9 Å². The number of nitrogens with one attached hydrogen (secondary N) is 3. The van der Waals surface area contributed by atoms with Crippen molar-refractivity contribution in [2.45, 2.75) is 25.3 Å². The molecule has 1 atom stereocenters. The van der Waals surface area contributed by atoms with Crippen molar-refractivity contribution in [1.82, 2.24) is 15.3 Å². The Morgan fingerprint density at radius 1 is 1.12 bits per heavy atom. The van der Waals surface area contributed by atoms with Gasteiger partial charge in [0.25, 0.3) is 5.91 Å². The number of rotatable bonds is 2. The van der Waals surface area contributed by atoms with E-state index in [1.807, 2.05) is 48.7 Å². The molecule has 26 heavy (non-hydrogen) atoms. The lowest BCUT2D eigenvalue weighted by molar-refractivity contribution is 0.0932. The number of hydrogen-bond donors (Lipinski definition) is 3. The SMILES string of the molecule is O=C(NC1CCCc2c1[nH]c1ccc(Cl)cc21)c1ccc2cc[nH]c2c1. The van der Waals surface area contributed by atoms with Crippen molar-refractivity contribution in [2.24, 2.45) is 0 Å². The van der Waals surface area contributed by atoms with Crippen molar-refractivity contribution in [3.63, 3.8) is 0 Å². The quantitative estimate of drug-likeness (QED) is 0.455. The highest BCUT2D eigenvalue weighted by Gasteiger charge is 2.26. The smallest absolute Gasteiger partial charge is 0.251 e. The maximum Gasteiger partial charge on any atom is 0.251 e. The third-order valence-corrected chi connectivity index (χ3v) is 5.53. The van der Waals surface area contributed by atoms with E-state index >= 15 is 0 Å². The summed E-state index contributed by atoms with van der Waals surface area (Å²) < 4.78 is 0. The van der Waals surface area contributed by atoms with Gasteiger partial charge in [0.05, 0.1) is 6.04 Å². The number of aromatic amines is 2. The predicted octanol–water partition coefficient (Wildman–Crippen LogP) is 5.11. The monoisotopic (exact) mass is 363 g/mol. The van der Waals surface area contributed by atoms with E-state index in [9.17, 15) is 4.79 Å². The largest absolute Gasteiger partial charge is 0.361 e. The lowest BCUT2D eigenvalue weighted by Crippen LogP contribution is -2.31. The molecule has 130 valence electrons. The second-order valence-electron chi connectivity index (χ2n) is 6.91. The minimum Gasteiger partial charge on any atom is -0.361 e. The molecule has 0 aliphatic heterocycles. The average Bonchev–Trinajstić information content (AvgIpc) is 3.25. The van der Waals surface area contributed by atoms with Gasteiger partial charge in [-0.2, -0.15) is 0 Å². The van der Waals surface area contributed by atoms with Crippen LogP contribution in [0.25, 0.3) is 21.8 Å². The molecule has 4 aromatic rings. The molecule has 0 bridgehead atoms. The Balaban J connectivity index is 1.48. The van der Waals surface area contributed by atoms with Crippen molar-refractivity contribution in [1.29, 1.82) is 0 Å². The first kappa shape index (κ1) is 15.5. The lowest BCUT2D eigenvalue weighted by Gasteiger charge is -2.24. The first-order valence-corrected chi connectivity index (χ1v) is 9.25. The Bertz CT molecular complexity index is 1140. The topological polar surface area (TPSA) is 60.7 Å². The van der Waals surface area contributed by atoms with Crippen molar-refractivity contribution >= 4 is 39.3 Å². The number of fused-ring (bicyclic) bond motifs is 4.